The predicted octanol–water partition coefficient (Wildman–Crippen LogP) is 5.86. The smallest absolute Gasteiger partial charge is 0.255 e. The summed E-state index contributed by atoms with van der Waals surface area (Å²) >= 11 is 6.05. The molecule has 0 aliphatic carbocycles. The van der Waals surface area contributed by atoms with Crippen LogP contribution in [0.15, 0.2) is 90.4 Å². The third-order valence-electron chi connectivity index (χ3n) is 11.6. The lowest BCUT2D eigenvalue weighted by atomic mass is 10.00. The summed E-state index contributed by atoms with van der Waals surface area (Å²) in [6.07, 6.45) is 2.39. The first-order valence-electron chi connectivity index (χ1n) is 19.2. The molecule has 4 aliphatic rings. The highest BCUT2D eigenvalue weighted by Crippen LogP contribution is 2.41. The van der Waals surface area contributed by atoms with E-state index in [0.29, 0.717) is 30.1 Å². The van der Waals surface area contributed by atoms with Crippen molar-refractivity contribution >= 4 is 58.4 Å². The molecule has 5 aromatic rings. The minimum atomic E-state index is -1.30. The Kier molecular flexibility index (Phi) is 10.2. The first-order chi connectivity index (χ1) is 28.1. The van der Waals surface area contributed by atoms with Gasteiger partial charge in [0.2, 0.25) is 11.8 Å². The summed E-state index contributed by atoms with van der Waals surface area (Å²) in [6, 6.07) is 22.2. The molecule has 3 unspecified atom stereocenters. The average molecular weight is 818 g/mol. The van der Waals surface area contributed by atoms with Gasteiger partial charge < -0.3 is 14.9 Å². The Labute approximate surface area is 343 Å². The standard InChI is InChI=1S/C43H40FN7O5S2/c44-30-6-11-36(52)34(21-30)38(40(55)47-43-45-13-18-58-43)51-23-28-3-2-27(20-33(28)41(51)56)26-4-7-31(8-5-26)49-16-14-48(15-17-49)22-25-1-9-32-29(19-25)24-50(42(32)57)35-10-12-37(53)46-39(35)54/h1-9,11,13,18-21,35,38,42,52,57H,10,12,14-17,22-24H2,(H,45,47,55)(H,46,53,54). The Morgan fingerprint density at radius 1 is 0.948 bits per heavy atom. The fourth-order valence-corrected chi connectivity index (χ4v) is 9.57. The zero-order chi connectivity index (χ0) is 40.1. The van der Waals surface area contributed by atoms with Gasteiger partial charge in [0.05, 0.1) is 11.4 Å². The number of nitrogens with zero attached hydrogens (tertiary/aromatic N) is 5. The molecule has 58 heavy (non-hydrogen) atoms. The lowest BCUT2D eigenvalue weighted by molar-refractivity contribution is -0.137. The second kappa shape index (κ2) is 15.6. The van der Waals surface area contributed by atoms with Crippen LogP contribution in [0.4, 0.5) is 15.2 Å². The molecule has 4 aliphatic heterocycles. The lowest BCUT2D eigenvalue weighted by Gasteiger charge is -2.36. The van der Waals surface area contributed by atoms with Crippen molar-refractivity contribution in [3.8, 4) is 16.9 Å². The van der Waals surface area contributed by atoms with Gasteiger partial charge in [0.1, 0.15) is 17.6 Å². The average Bonchev–Trinajstić information content (AvgIpc) is 3.94. The Bertz CT molecular complexity index is 2420. The number of aromatic hydroxyl groups is 1. The summed E-state index contributed by atoms with van der Waals surface area (Å²) in [5.74, 6) is -2.39. The maximum atomic E-state index is 14.4. The SMILES string of the molecule is O=C1CCC(N2Cc3cc(CN4CCN(c5ccc(-c6ccc7c(c6)C(=O)N(C(C(=O)Nc6nccs6)c6cc(F)ccc6O)C7)cc5)CC4)ccc3C2S)C(=O)N1. The van der Waals surface area contributed by atoms with E-state index in [4.69, 9.17) is 12.6 Å². The number of piperazine rings is 1. The predicted molar refractivity (Wildman–Crippen MR) is 221 cm³/mol. The van der Waals surface area contributed by atoms with Crippen LogP contribution in [0.2, 0.25) is 0 Å². The first-order valence-corrected chi connectivity index (χ1v) is 20.6. The molecule has 0 spiro atoms. The molecule has 2 fully saturated rings. The van der Waals surface area contributed by atoms with Gasteiger partial charge in [-0.3, -0.25) is 39.6 Å². The molecule has 15 heteroatoms. The Balaban J connectivity index is 0.834. The van der Waals surface area contributed by atoms with Crippen molar-refractivity contribution in [2.45, 2.75) is 49.9 Å². The van der Waals surface area contributed by atoms with Crippen LogP contribution in [-0.2, 0) is 34.0 Å². The molecule has 9 rings (SSSR count). The quantitative estimate of drug-likeness (QED) is 0.107. The van der Waals surface area contributed by atoms with Crippen molar-refractivity contribution in [1.29, 1.82) is 0 Å². The molecule has 3 N–H and O–H groups in total. The molecule has 0 radical (unpaired) electrons. The van der Waals surface area contributed by atoms with Crippen LogP contribution in [0, 0.1) is 5.82 Å². The van der Waals surface area contributed by atoms with Crippen molar-refractivity contribution in [2.24, 2.45) is 0 Å². The van der Waals surface area contributed by atoms with E-state index in [2.05, 4.69) is 60.6 Å². The number of nitrogens with one attached hydrogen (secondary N) is 2. The number of aromatic nitrogens is 1. The second-order valence-corrected chi connectivity index (χ2v) is 16.5. The number of thiol groups is 1. The first kappa shape index (κ1) is 37.9. The van der Waals surface area contributed by atoms with Crippen LogP contribution in [0.3, 0.4) is 0 Å². The number of carbonyl (C=O) groups is 4. The Hall–Kier alpha value is -5.61. The van der Waals surface area contributed by atoms with Crippen molar-refractivity contribution in [3.05, 3.63) is 130 Å². The Morgan fingerprint density at radius 2 is 1.74 bits per heavy atom. The molecule has 296 valence electrons. The zero-order valence-electron chi connectivity index (χ0n) is 31.3. The number of halogens is 1. The van der Waals surface area contributed by atoms with E-state index in [9.17, 15) is 28.7 Å². The molecular formula is C43H40FN7O5S2. The van der Waals surface area contributed by atoms with Crippen LogP contribution < -0.4 is 15.5 Å². The summed E-state index contributed by atoms with van der Waals surface area (Å²) in [7, 11) is 0. The third-order valence-corrected chi connectivity index (χ3v) is 12.8. The number of phenols is 1. The molecule has 4 amide bonds. The maximum Gasteiger partial charge on any atom is 0.255 e. The lowest BCUT2D eigenvalue weighted by Crippen LogP contribution is -2.51. The molecule has 1 aromatic heterocycles. The monoisotopic (exact) mass is 817 g/mol. The molecule has 4 aromatic carbocycles. The third kappa shape index (κ3) is 7.34. The maximum absolute atomic E-state index is 14.4. The van der Waals surface area contributed by atoms with Crippen LogP contribution in [0.5, 0.6) is 5.75 Å². The number of benzene rings is 4. The van der Waals surface area contributed by atoms with Gasteiger partial charge in [-0.1, -0.05) is 42.5 Å². The van der Waals surface area contributed by atoms with Crippen LogP contribution in [0.1, 0.15) is 62.4 Å². The van der Waals surface area contributed by atoms with Crippen molar-refractivity contribution in [2.75, 3.05) is 36.4 Å². The highest BCUT2D eigenvalue weighted by atomic mass is 32.1. The van der Waals surface area contributed by atoms with Crippen molar-refractivity contribution in [1.82, 2.24) is 25.0 Å². The largest absolute Gasteiger partial charge is 0.508 e. The van der Waals surface area contributed by atoms with E-state index in [0.717, 1.165) is 72.8 Å². The number of hydrogen-bond acceptors (Lipinski definition) is 11. The molecule has 0 bridgehead atoms. The number of phenolic OH excluding ortho intramolecular Hbond substituents is 1. The molecular weight excluding hydrogens is 778 g/mol. The topological polar surface area (TPSA) is 138 Å². The van der Waals surface area contributed by atoms with Crippen LogP contribution in [-0.4, -0.2) is 80.6 Å². The number of thiazole rings is 1. The van der Waals surface area contributed by atoms with Crippen LogP contribution in [0.25, 0.3) is 11.1 Å². The summed E-state index contributed by atoms with van der Waals surface area (Å²) in [4.78, 5) is 64.2. The molecule has 12 nitrogen and oxygen atoms in total. The fraction of sp³-hybridized carbons (Fsp3) is 0.279. The van der Waals surface area contributed by atoms with Crippen LogP contribution >= 0.6 is 24.0 Å². The van der Waals surface area contributed by atoms with E-state index in [1.165, 1.54) is 33.4 Å². The highest BCUT2D eigenvalue weighted by molar-refractivity contribution is 7.80. The summed E-state index contributed by atoms with van der Waals surface area (Å²) in [6.45, 7) is 5.10. The molecule has 5 heterocycles. The van der Waals surface area contributed by atoms with Gasteiger partial charge in [-0.15, -0.1) is 11.3 Å². The number of carbonyl (C=O) groups excluding carboxylic acids is 4. The van der Waals surface area contributed by atoms with E-state index >= 15 is 0 Å². The van der Waals surface area contributed by atoms with E-state index in [-0.39, 0.29) is 41.1 Å². The minimum absolute atomic E-state index is 0.0119. The van der Waals surface area contributed by atoms with Crippen molar-refractivity contribution < 1.29 is 28.7 Å². The zero-order valence-corrected chi connectivity index (χ0v) is 33.0. The van der Waals surface area contributed by atoms with Crippen molar-refractivity contribution in [3.63, 3.8) is 0 Å². The van der Waals surface area contributed by atoms with E-state index in [1.54, 1.807) is 11.6 Å². The van der Waals surface area contributed by atoms with Gasteiger partial charge >= 0.3 is 0 Å². The molecule has 3 atom stereocenters. The van der Waals surface area contributed by atoms with E-state index < -0.39 is 23.7 Å². The number of piperidine rings is 1. The normalized spacial score (nSPS) is 20.2. The number of fused-ring (bicyclic) bond motifs is 2. The summed E-state index contributed by atoms with van der Waals surface area (Å²) in [5, 5.41) is 17.7. The molecule has 0 saturated carbocycles. The van der Waals surface area contributed by atoms with E-state index in [1.807, 2.05) is 30.3 Å². The summed E-state index contributed by atoms with van der Waals surface area (Å²) in [5.41, 5.74) is 7.57. The van der Waals surface area contributed by atoms with Gasteiger partial charge in [-0.2, -0.15) is 12.6 Å². The van der Waals surface area contributed by atoms with Gasteiger partial charge in [0.25, 0.3) is 11.8 Å². The highest BCUT2D eigenvalue weighted by Gasteiger charge is 2.41. The second-order valence-electron chi connectivity index (χ2n) is 15.1. The minimum Gasteiger partial charge on any atom is -0.508 e. The molecule has 2 saturated heterocycles. The fourth-order valence-electron chi connectivity index (χ4n) is 8.54. The van der Waals surface area contributed by atoms with Gasteiger partial charge in [-0.05, 0) is 76.2 Å². The number of amides is 4. The number of hydrogen-bond donors (Lipinski definition) is 4. The number of imide groups is 1. The van der Waals surface area contributed by atoms with Gasteiger partial charge in [0, 0.05) is 80.6 Å². The van der Waals surface area contributed by atoms with Gasteiger partial charge in [0.15, 0.2) is 5.13 Å². The van der Waals surface area contributed by atoms with Gasteiger partial charge in [-0.25, -0.2) is 9.37 Å². The number of rotatable bonds is 9. The summed E-state index contributed by atoms with van der Waals surface area (Å²) < 4.78 is 14.4. The Morgan fingerprint density at radius 3 is 2.50 bits per heavy atom. The number of anilines is 2.